The van der Waals surface area contributed by atoms with E-state index in [-0.39, 0.29) is 17.3 Å². The topological polar surface area (TPSA) is 26.3 Å². The van der Waals surface area contributed by atoms with Gasteiger partial charge in [-0.05, 0) is 30.5 Å². The molecule has 0 heterocycles. The molecule has 2 nitrogen and oxygen atoms in total. The van der Waals surface area contributed by atoms with Gasteiger partial charge in [0.1, 0.15) is 6.10 Å². The summed E-state index contributed by atoms with van der Waals surface area (Å²) in [5.74, 6) is -0.331. The van der Waals surface area contributed by atoms with E-state index in [1.54, 1.807) is 0 Å². The van der Waals surface area contributed by atoms with E-state index in [1.807, 2.05) is 13.8 Å². The average molecular weight is 274 g/mol. The normalized spacial score (nSPS) is 13.7. The molecule has 0 aliphatic rings. The number of carbonyl (C=O) groups is 1. The number of aryl methyl sites for hydroxylation is 1. The minimum absolute atomic E-state index is 0.0424. The van der Waals surface area contributed by atoms with Crippen molar-refractivity contribution in [2.45, 2.75) is 33.1 Å². The van der Waals surface area contributed by atoms with Gasteiger partial charge in [0, 0.05) is 12.7 Å². The van der Waals surface area contributed by atoms with Crippen molar-refractivity contribution in [2.24, 2.45) is 5.92 Å². The van der Waals surface area contributed by atoms with Gasteiger partial charge in [-0.2, -0.15) is 13.2 Å². The molecule has 0 aliphatic carbocycles. The first-order valence-corrected chi connectivity index (χ1v) is 5.93. The summed E-state index contributed by atoms with van der Waals surface area (Å²) >= 11 is 0. The van der Waals surface area contributed by atoms with Gasteiger partial charge >= 0.3 is 6.18 Å². The van der Waals surface area contributed by atoms with Crippen LogP contribution in [0.3, 0.4) is 0 Å². The second-order valence-electron chi connectivity index (χ2n) is 4.79. The van der Waals surface area contributed by atoms with Gasteiger partial charge in [-0.15, -0.1) is 0 Å². The van der Waals surface area contributed by atoms with Gasteiger partial charge in [0.2, 0.25) is 0 Å². The Bertz CT molecular complexity index is 464. The maximum absolute atomic E-state index is 12.5. The molecule has 106 valence electrons. The molecule has 5 heteroatoms. The predicted octanol–water partition coefficient (Wildman–Crippen LogP) is 3.87. The quantitative estimate of drug-likeness (QED) is 0.779. The zero-order valence-electron chi connectivity index (χ0n) is 11.3. The molecule has 0 saturated heterocycles. The lowest BCUT2D eigenvalue weighted by molar-refractivity contribution is -0.137. The fourth-order valence-electron chi connectivity index (χ4n) is 1.95. The van der Waals surface area contributed by atoms with E-state index in [0.717, 1.165) is 12.1 Å². The Morgan fingerprint density at radius 1 is 1.26 bits per heavy atom. The largest absolute Gasteiger partial charge is 0.416 e. The number of alkyl halides is 3. The third-order valence-electron chi connectivity index (χ3n) is 2.94. The second-order valence-corrected chi connectivity index (χ2v) is 4.79. The van der Waals surface area contributed by atoms with Crippen LogP contribution in [0.1, 0.15) is 35.3 Å². The van der Waals surface area contributed by atoms with Crippen molar-refractivity contribution in [1.29, 1.82) is 0 Å². The molecule has 0 bridgehead atoms. The van der Waals surface area contributed by atoms with Gasteiger partial charge in [-0.3, -0.25) is 4.79 Å². The Morgan fingerprint density at radius 2 is 1.84 bits per heavy atom. The summed E-state index contributed by atoms with van der Waals surface area (Å²) in [4.78, 5) is 12.2. The van der Waals surface area contributed by atoms with Crippen LogP contribution in [0.25, 0.3) is 0 Å². The third kappa shape index (κ3) is 3.56. The zero-order valence-corrected chi connectivity index (χ0v) is 11.3. The van der Waals surface area contributed by atoms with Crippen molar-refractivity contribution in [1.82, 2.24) is 0 Å². The van der Waals surface area contributed by atoms with Crippen molar-refractivity contribution in [3.63, 3.8) is 0 Å². The lowest BCUT2D eigenvalue weighted by Gasteiger charge is -2.19. The van der Waals surface area contributed by atoms with Crippen LogP contribution < -0.4 is 0 Å². The molecule has 1 unspecified atom stereocenters. The molecule has 1 aromatic rings. The monoisotopic (exact) mass is 274 g/mol. The third-order valence-corrected chi connectivity index (χ3v) is 2.94. The summed E-state index contributed by atoms with van der Waals surface area (Å²) in [5, 5.41) is 0. The maximum atomic E-state index is 12.5. The highest BCUT2D eigenvalue weighted by atomic mass is 19.4. The SMILES string of the molecule is COC(C(=O)c1ccc(C(F)(F)F)cc1C)C(C)C. The number of halogens is 3. The minimum atomic E-state index is -4.40. The first-order chi connectivity index (χ1) is 8.68. The first-order valence-electron chi connectivity index (χ1n) is 5.93. The fraction of sp³-hybridized carbons (Fsp3) is 0.500. The lowest BCUT2D eigenvalue weighted by Crippen LogP contribution is -2.29. The number of methoxy groups -OCH3 is 1. The smallest absolute Gasteiger partial charge is 0.373 e. The van der Waals surface area contributed by atoms with Crippen LogP contribution in [0.15, 0.2) is 18.2 Å². The van der Waals surface area contributed by atoms with E-state index in [2.05, 4.69) is 0 Å². The molecule has 1 aromatic carbocycles. The predicted molar refractivity (Wildman–Crippen MR) is 66.1 cm³/mol. The molecule has 0 aliphatic heterocycles. The summed E-state index contributed by atoms with van der Waals surface area (Å²) in [5.41, 5.74) is -0.170. The van der Waals surface area contributed by atoms with E-state index in [0.29, 0.717) is 5.56 Å². The van der Waals surface area contributed by atoms with Crippen molar-refractivity contribution >= 4 is 5.78 Å². The van der Waals surface area contributed by atoms with Crippen molar-refractivity contribution in [3.8, 4) is 0 Å². The summed E-state index contributed by atoms with van der Waals surface area (Å²) in [6.07, 6.45) is -5.04. The number of ketones is 1. The Labute approximate surface area is 110 Å². The van der Waals surface area contributed by atoms with Crippen LogP contribution in [0.5, 0.6) is 0 Å². The molecule has 0 amide bonds. The highest BCUT2D eigenvalue weighted by Gasteiger charge is 2.32. The van der Waals surface area contributed by atoms with Gasteiger partial charge in [0.15, 0.2) is 5.78 Å². The molecule has 0 radical (unpaired) electrons. The van der Waals surface area contributed by atoms with Crippen LogP contribution in [0.4, 0.5) is 13.2 Å². The number of rotatable bonds is 4. The number of hydrogen-bond acceptors (Lipinski definition) is 2. The molecule has 19 heavy (non-hydrogen) atoms. The number of benzene rings is 1. The standard InChI is InChI=1S/C14H17F3O2/c1-8(2)13(19-4)12(18)11-6-5-10(7-9(11)3)14(15,16)17/h5-8,13H,1-4H3. The molecule has 0 saturated carbocycles. The molecule has 0 aromatic heterocycles. The van der Waals surface area contributed by atoms with Crippen molar-refractivity contribution in [2.75, 3.05) is 7.11 Å². The van der Waals surface area contributed by atoms with E-state index in [9.17, 15) is 18.0 Å². The maximum Gasteiger partial charge on any atom is 0.416 e. The van der Waals surface area contributed by atoms with E-state index in [4.69, 9.17) is 4.74 Å². The fourth-order valence-corrected chi connectivity index (χ4v) is 1.95. The number of carbonyl (C=O) groups excluding carboxylic acids is 1. The molecule has 0 spiro atoms. The van der Waals surface area contributed by atoms with Gasteiger partial charge in [0.05, 0.1) is 5.56 Å². The van der Waals surface area contributed by atoms with Crippen LogP contribution in [0.2, 0.25) is 0 Å². The highest BCUT2D eigenvalue weighted by Crippen LogP contribution is 2.31. The Hall–Kier alpha value is -1.36. The van der Waals surface area contributed by atoms with Crippen LogP contribution in [-0.4, -0.2) is 19.0 Å². The molecule has 1 atom stereocenters. The number of hydrogen-bond donors (Lipinski definition) is 0. The molecule has 0 fully saturated rings. The second kappa shape index (κ2) is 5.74. The lowest BCUT2D eigenvalue weighted by atomic mass is 9.93. The molecule has 0 N–H and O–H groups in total. The van der Waals surface area contributed by atoms with Crippen LogP contribution in [-0.2, 0) is 10.9 Å². The van der Waals surface area contributed by atoms with Gasteiger partial charge in [-0.1, -0.05) is 19.9 Å². The molecular formula is C14H17F3O2. The zero-order chi connectivity index (χ0) is 14.8. The summed E-state index contributed by atoms with van der Waals surface area (Å²) < 4.78 is 42.7. The van der Waals surface area contributed by atoms with Gasteiger partial charge in [-0.25, -0.2) is 0 Å². The Balaban J connectivity index is 3.13. The van der Waals surface area contributed by atoms with Crippen molar-refractivity contribution in [3.05, 3.63) is 34.9 Å². The summed E-state index contributed by atoms with van der Waals surface area (Å²) in [6, 6.07) is 3.13. The molecular weight excluding hydrogens is 257 g/mol. The number of Topliss-reactive ketones (excluding diaryl/α,β-unsaturated/α-hetero) is 1. The molecule has 1 rings (SSSR count). The van der Waals surface area contributed by atoms with Gasteiger partial charge < -0.3 is 4.74 Å². The van der Waals surface area contributed by atoms with Crippen LogP contribution in [0, 0.1) is 12.8 Å². The van der Waals surface area contributed by atoms with E-state index < -0.39 is 17.8 Å². The van der Waals surface area contributed by atoms with Gasteiger partial charge in [0.25, 0.3) is 0 Å². The highest BCUT2D eigenvalue weighted by molar-refractivity contribution is 6.00. The summed E-state index contributed by atoms with van der Waals surface area (Å²) in [6.45, 7) is 5.15. The Morgan fingerprint density at radius 3 is 2.21 bits per heavy atom. The Kier molecular flexibility index (Phi) is 4.74. The van der Waals surface area contributed by atoms with E-state index in [1.165, 1.54) is 20.1 Å². The minimum Gasteiger partial charge on any atom is -0.373 e. The first kappa shape index (κ1) is 15.7. The van der Waals surface area contributed by atoms with Crippen molar-refractivity contribution < 1.29 is 22.7 Å². The number of ether oxygens (including phenoxy) is 1. The van der Waals surface area contributed by atoms with E-state index >= 15 is 0 Å². The average Bonchev–Trinajstić information content (AvgIpc) is 2.27. The summed E-state index contributed by atoms with van der Waals surface area (Å²) in [7, 11) is 1.42. The van der Waals surface area contributed by atoms with Crippen LogP contribution >= 0.6 is 0 Å².